The van der Waals surface area contributed by atoms with Crippen molar-refractivity contribution >= 4 is 16.8 Å². The van der Waals surface area contributed by atoms with Crippen LogP contribution in [0.5, 0.6) is 11.5 Å². The highest BCUT2D eigenvalue weighted by atomic mass is 16.6. The van der Waals surface area contributed by atoms with E-state index in [1.807, 2.05) is 48.5 Å². The molecule has 1 aliphatic carbocycles. The highest BCUT2D eigenvalue weighted by Gasteiger charge is 2.23. The van der Waals surface area contributed by atoms with Crippen molar-refractivity contribution in [1.82, 2.24) is 10.3 Å². The lowest BCUT2D eigenvalue weighted by molar-refractivity contribution is 0.0953. The van der Waals surface area contributed by atoms with Gasteiger partial charge in [0, 0.05) is 17.5 Å². The third-order valence-electron chi connectivity index (χ3n) is 5.05. The Morgan fingerprint density at radius 3 is 2.70 bits per heavy atom. The quantitative estimate of drug-likeness (QED) is 0.768. The Hall–Kier alpha value is -3.08. The van der Waals surface area contributed by atoms with Crippen LogP contribution >= 0.6 is 0 Å². The molecule has 1 fully saturated rings. The normalized spacial score (nSPS) is 15.6. The molecule has 0 atom stereocenters. The van der Waals surface area contributed by atoms with Gasteiger partial charge >= 0.3 is 0 Å². The number of ether oxygens (including phenoxy) is 2. The molecule has 0 radical (unpaired) electrons. The highest BCUT2D eigenvalue weighted by Crippen LogP contribution is 2.35. The molecule has 1 aromatic heterocycles. The van der Waals surface area contributed by atoms with Crippen molar-refractivity contribution in [1.29, 1.82) is 0 Å². The second kappa shape index (κ2) is 6.58. The third kappa shape index (κ3) is 3.21. The standard InChI is InChI=1S/C22H20N2O3/c25-22(23-13-14-5-6-14)17-12-19(24-18-4-2-1-3-16(17)18)15-7-8-20-21(11-15)27-10-9-26-20/h1-4,7-8,11-12,14H,5-6,9-10,13H2,(H,23,25). The predicted molar refractivity (Wildman–Crippen MR) is 103 cm³/mol. The van der Waals surface area contributed by atoms with Crippen LogP contribution < -0.4 is 14.8 Å². The van der Waals surface area contributed by atoms with Crippen molar-refractivity contribution in [2.75, 3.05) is 19.8 Å². The van der Waals surface area contributed by atoms with Crippen LogP contribution in [0.15, 0.2) is 48.5 Å². The van der Waals surface area contributed by atoms with Crippen molar-refractivity contribution in [3.05, 3.63) is 54.1 Å². The number of amides is 1. The number of carbonyl (C=O) groups is 1. The van der Waals surface area contributed by atoms with E-state index in [-0.39, 0.29) is 5.91 Å². The van der Waals surface area contributed by atoms with Gasteiger partial charge in [-0.1, -0.05) is 18.2 Å². The molecular formula is C22H20N2O3. The van der Waals surface area contributed by atoms with Gasteiger partial charge in [-0.25, -0.2) is 4.98 Å². The van der Waals surface area contributed by atoms with E-state index in [9.17, 15) is 4.79 Å². The summed E-state index contributed by atoms with van der Waals surface area (Å²) in [5.74, 6) is 2.06. The second-order valence-corrected chi connectivity index (χ2v) is 7.08. The van der Waals surface area contributed by atoms with Crippen LogP contribution in [0.2, 0.25) is 0 Å². The van der Waals surface area contributed by atoms with Crippen LogP contribution in [0.1, 0.15) is 23.2 Å². The predicted octanol–water partition coefficient (Wildman–Crippen LogP) is 3.81. The lowest BCUT2D eigenvalue weighted by atomic mass is 10.0. The molecule has 0 saturated heterocycles. The van der Waals surface area contributed by atoms with E-state index < -0.39 is 0 Å². The molecular weight excluding hydrogens is 340 g/mol. The van der Waals surface area contributed by atoms with E-state index in [2.05, 4.69) is 5.32 Å². The molecule has 0 unspecified atom stereocenters. The molecule has 5 heteroatoms. The van der Waals surface area contributed by atoms with E-state index in [0.29, 0.717) is 30.4 Å². The number of nitrogens with one attached hydrogen (secondary N) is 1. The van der Waals surface area contributed by atoms with Gasteiger partial charge in [-0.3, -0.25) is 4.79 Å². The minimum atomic E-state index is -0.0423. The number of hydrogen-bond acceptors (Lipinski definition) is 4. The van der Waals surface area contributed by atoms with Crippen molar-refractivity contribution in [2.45, 2.75) is 12.8 Å². The number of benzene rings is 2. The maximum Gasteiger partial charge on any atom is 0.252 e. The fourth-order valence-electron chi connectivity index (χ4n) is 3.37. The number of hydrogen-bond donors (Lipinski definition) is 1. The fourth-order valence-corrected chi connectivity index (χ4v) is 3.37. The number of nitrogens with zero attached hydrogens (tertiary/aromatic N) is 1. The highest BCUT2D eigenvalue weighted by molar-refractivity contribution is 6.07. The Bertz CT molecular complexity index is 1030. The number of pyridine rings is 1. The zero-order valence-corrected chi connectivity index (χ0v) is 14.9. The molecule has 2 aromatic carbocycles. The van der Waals surface area contributed by atoms with Crippen molar-refractivity contribution in [2.24, 2.45) is 5.92 Å². The second-order valence-electron chi connectivity index (χ2n) is 7.08. The van der Waals surface area contributed by atoms with Gasteiger partial charge in [-0.05, 0) is 49.1 Å². The van der Waals surface area contributed by atoms with Crippen LogP contribution in [-0.4, -0.2) is 30.6 Å². The fraction of sp³-hybridized carbons (Fsp3) is 0.273. The van der Waals surface area contributed by atoms with Gasteiger partial charge in [0.1, 0.15) is 13.2 Å². The van der Waals surface area contributed by atoms with Gasteiger partial charge in [0.15, 0.2) is 11.5 Å². The zero-order chi connectivity index (χ0) is 18.2. The van der Waals surface area contributed by atoms with Gasteiger partial charge in [-0.15, -0.1) is 0 Å². The average Bonchev–Trinajstić information content (AvgIpc) is 3.55. The molecule has 0 spiro atoms. The lowest BCUT2D eigenvalue weighted by Crippen LogP contribution is -2.25. The van der Waals surface area contributed by atoms with Crippen LogP contribution in [-0.2, 0) is 0 Å². The largest absolute Gasteiger partial charge is 0.486 e. The van der Waals surface area contributed by atoms with Gasteiger partial charge in [-0.2, -0.15) is 0 Å². The summed E-state index contributed by atoms with van der Waals surface area (Å²) < 4.78 is 11.3. The Kier molecular flexibility index (Phi) is 3.93. The summed E-state index contributed by atoms with van der Waals surface area (Å²) in [6.07, 6.45) is 2.42. The zero-order valence-electron chi connectivity index (χ0n) is 14.9. The number of aromatic nitrogens is 1. The maximum absolute atomic E-state index is 12.8. The first-order valence-corrected chi connectivity index (χ1v) is 9.36. The lowest BCUT2D eigenvalue weighted by Gasteiger charge is -2.19. The number of fused-ring (bicyclic) bond motifs is 2. The minimum Gasteiger partial charge on any atom is -0.486 e. The molecule has 1 saturated carbocycles. The van der Waals surface area contributed by atoms with E-state index in [0.717, 1.165) is 34.5 Å². The molecule has 3 aromatic rings. The Morgan fingerprint density at radius 2 is 1.85 bits per heavy atom. The smallest absolute Gasteiger partial charge is 0.252 e. The monoisotopic (exact) mass is 360 g/mol. The molecule has 1 aliphatic heterocycles. The maximum atomic E-state index is 12.8. The Morgan fingerprint density at radius 1 is 1.04 bits per heavy atom. The van der Waals surface area contributed by atoms with E-state index in [1.165, 1.54) is 12.8 Å². The van der Waals surface area contributed by atoms with Crippen molar-refractivity contribution in [3.8, 4) is 22.8 Å². The summed E-state index contributed by atoms with van der Waals surface area (Å²) in [7, 11) is 0. The van der Waals surface area contributed by atoms with Crippen LogP contribution in [0.3, 0.4) is 0 Å². The summed E-state index contributed by atoms with van der Waals surface area (Å²) in [4.78, 5) is 17.6. The number of para-hydroxylation sites is 1. The number of carbonyl (C=O) groups excluding carboxylic acids is 1. The molecule has 2 heterocycles. The first kappa shape index (κ1) is 16.1. The molecule has 1 amide bonds. The summed E-state index contributed by atoms with van der Waals surface area (Å²) in [5, 5.41) is 3.94. The summed E-state index contributed by atoms with van der Waals surface area (Å²) in [5.41, 5.74) is 3.12. The first-order valence-electron chi connectivity index (χ1n) is 9.36. The third-order valence-corrected chi connectivity index (χ3v) is 5.05. The van der Waals surface area contributed by atoms with Crippen molar-refractivity contribution < 1.29 is 14.3 Å². The molecule has 27 heavy (non-hydrogen) atoms. The molecule has 2 aliphatic rings. The average molecular weight is 360 g/mol. The van der Waals surface area contributed by atoms with E-state index in [1.54, 1.807) is 0 Å². The first-order chi connectivity index (χ1) is 13.3. The summed E-state index contributed by atoms with van der Waals surface area (Å²) >= 11 is 0. The van der Waals surface area contributed by atoms with Crippen LogP contribution in [0.25, 0.3) is 22.2 Å². The minimum absolute atomic E-state index is 0.0423. The van der Waals surface area contributed by atoms with Crippen molar-refractivity contribution in [3.63, 3.8) is 0 Å². The number of rotatable bonds is 4. The molecule has 1 N–H and O–H groups in total. The Balaban J connectivity index is 1.57. The van der Waals surface area contributed by atoms with E-state index in [4.69, 9.17) is 14.5 Å². The van der Waals surface area contributed by atoms with Gasteiger partial charge < -0.3 is 14.8 Å². The summed E-state index contributed by atoms with van der Waals surface area (Å²) in [6, 6.07) is 15.4. The Labute approximate surface area is 157 Å². The van der Waals surface area contributed by atoms with E-state index >= 15 is 0 Å². The SMILES string of the molecule is O=C(NCC1CC1)c1cc(-c2ccc3c(c2)OCCO3)nc2ccccc12. The molecule has 5 nitrogen and oxygen atoms in total. The molecule has 0 bridgehead atoms. The molecule has 5 rings (SSSR count). The topological polar surface area (TPSA) is 60.5 Å². The van der Waals surface area contributed by atoms with Crippen LogP contribution in [0.4, 0.5) is 0 Å². The van der Waals surface area contributed by atoms with Gasteiger partial charge in [0.05, 0.1) is 16.8 Å². The van der Waals surface area contributed by atoms with Crippen LogP contribution in [0, 0.1) is 5.92 Å². The van der Waals surface area contributed by atoms with Gasteiger partial charge in [0.25, 0.3) is 5.91 Å². The summed E-state index contributed by atoms with van der Waals surface area (Å²) in [6.45, 7) is 1.84. The van der Waals surface area contributed by atoms with Gasteiger partial charge in [0.2, 0.25) is 0 Å². The molecule has 136 valence electrons.